The van der Waals surface area contributed by atoms with Crippen molar-refractivity contribution in [2.24, 2.45) is 0 Å². The number of aliphatic hydroxyl groups excluding tert-OH is 2. The number of hydrogen-bond acceptors (Lipinski definition) is 4. The SMILES string of the molecule is C[C@@H]1CC=C[C@H](O)CC=C[C@@H](O)CC(=O)O1. The van der Waals surface area contributed by atoms with Gasteiger partial charge in [0.2, 0.25) is 0 Å². The Labute approximate surface area is 95.2 Å². The second-order valence-electron chi connectivity index (χ2n) is 3.97. The van der Waals surface area contributed by atoms with Gasteiger partial charge in [-0.3, -0.25) is 4.79 Å². The molecule has 16 heavy (non-hydrogen) atoms. The number of ether oxygens (including phenoxy) is 1. The van der Waals surface area contributed by atoms with E-state index >= 15 is 0 Å². The number of carbonyl (C=O) groups is 1. The molecule has 4 nitrogen and oxygen atoms in total. The molecule has 0 aromatic carbocycles. The van der Waals surface area contributed by atoms with E-state index < -0.39 is 18.2 Å². The molecular formula is C12H18O4. The predicted octanol–water partition coefficient (Wildman–Crippen LogP) is 0.936. The molecule has 1 aliphatic rings. The molecule has 0 aromatic rings. The van der Waals surface area contributed by atoms with Crippen LogP contribution in [0, 0.1) is 0 Å². The fourth-order valence-electron chi connectivity index (χ4n) is 1.44. The van der Waals surface area contributed by atoms with Crippen LogP contribution >= 0.6 is 0 Å². The first kappa shape index (κ1) is 12.9. The molecule has 0 saturated carbocycles. The van der Waals surface area contributed by atoms with Gasteiger partial charge in [-0.25, -0.2) is 0 Å². The van der Waals surface area contributed by atoms with Gasteiger partial charge in [0.15, 0.2) is 0 Å². The van der Waals surface area contributed by atoms with E-state index in [1.54, 1.807) is 25.2 Å². The second-order valence-corrected chi connectivity index (χ2v) is 3.97. The maximum atomic E-state index is 11.3. The topological polar surface area (TPSA) is 66.8 Å². The van der Waals surface area contributed by atoms with Gasteiger partial charge in [-0.05, 0) is 13.3 Å². The zero-order valence-electron chi connectivity index (χ0n) is 9.37. The van der Waals surface area contributed by atoms with Crippen LogP contribution in [-0.2, 0) is 9.53 Å². The van der Waals surface area contributed by atoms with E-state index in [1.165, 1.54) is 6.08 Å². The summed E-state index contributed by atoms with van der Waals surface area (Å²) < 4.78 is 5.06. The van der Waals surface area contributed by atoms with E-state index in [2.05, 4.69) is 0 Å². The normalized spacial score (nSPS) is 32.7. The Morgan fingerprint density at radius 2 is 1.81 bits per heavy atom. The van der Waals surface area contributed by atoms with E-state index in [0.717, 1.165) is 0 Å². The van der Waals surface area contributed by atoms with Crippen LogP contribution in [0.15, 0.2) is 24.3 Å². The van der Waals surface area contributed by atoms with E-state index in [0.29, 0.717) is 12.8 Å². The van der Waals surface area contributed by atoms with Crippen LogP contribution < -0.4 is 0 Å². The highest BCUT2D eigenvalue weighted by molar-refractivity contribution is 5.70. The molecule has 0 amide bonds. The summed E-state index contributed by atoms with van der Waals surface area (Å²) in [5.74, 6) is -0.404. The van der Waals surface area contributed by atoms with Crippen LogP contribution in [0.3, 0.4) is 0 Å². The number of carbonyl (C=O) groups excluding carboxylic acids is 1. The molecule has 2 N–H and O–H groups in total. The van der Waals surface area contributed by atoms with Crippen molar-refractivity contribution < 1.29 is 19.7 Å². The highest BCUT2D eigenvalue weighted by Crippen LogP contribution is 2.07. The van der Waals surface area contributed by atoms with Crippen molar-refractivity contribution in [3.63, 3.8) is 0 Å². The summed E-state index contributed by atoms with van der Waals surface area (Å²) in [6.07, 6.45) is 5.99. The van der Waals surface area contributed by atoms with Crippen LogP contribution in [0.5, 0.6) is 0 Å². The zero-order valence-corrected chi connectivity index (χ0v) is 9.37. The van der Waals surface area contributed by atoms with Crippen LogP contribution in [0.2, 0.25) is 0 Å². The maximum absolute atomic E-state index is 11.3. The summed E-state index contributed by atoms with van der Waals surface area (Å²) in [5.41, 5.74) is 0. The molecule has 0 aliphatic carbocycles. The van der Waals surface area contributed by atoms with E-state index in [4.69, 9.17) is 4.74 Å². The van der Waals surface area contributed by atoms with Gasteiger partial charge in [-0.1, -0.05) is 24.3 Å². The monoisotopic (exact) mass is 226 g/mol. The summed E-state index contributed by atoms with van der Waals surface area (Å²) in [7, 11) is 0. The summed E-state index contributed by atoms with van der Waals surface area (Å²) in [6, 6.07) is 0. The summed E-state index contributed by atoms with van der Waals surface area (Å²) in [6.45, 7) is 1.78. The van der Waals surface area contributed by atoms with Gasteiger partial charge in [-0.2, -0.15) is 0 Å². The third kappa shape index (κ3) is 5.09. The third-order valence-corrected chi connectivity index (χ3v) is 2.27. The third-order valence-electron chi connectivity index (χ3n) is 2.27. The standard InChI is InChI=1S/C12H18O4/c1-9-4-2-5-10(13)6-3-7-11(14)8-12(15)16-9/h2-3,5,7,9-11,13-14H,4,6,8H2,1H3/t9-,10+,11-/m1/s1. The molecule has 0 fully saturated rings. The van der Waals surface area contributed by atoms with Crippen LogP contribution in [-0.4, -0.2) is 34.5 Å². The van der Waals surface area contributed by atoms with Crippen molar-refractivity contribution in [2.75, 3.05) is 0 Å². The number of rotatable bonds is 0. The first-order valence-electron chi connectivity index (χ1n) is 5.47. The Morgan fingerprint density at radius 1 is 1.19 bits per heavy atom. The fourth-order valence-corrected chi connectivity index (χ4v) is 1.44. The van der Waals surface area contributed by atoms with Crippen molar-refractivity contribution in [3.8, 4) is 0 Å². The molecule has 0 spiro atoms. The molecule has 0 aromatic heterocycles. The zero-order chi connectivity index (χ0) is 12.0. The molecule has 0 bridgehead atoms. The van der Waals surface area contributed by atoms with Crippen molar-refractivity contribution in [1.29, 1.82) is 0 Å². The molecule has 3 atom stereocenters. The molecule has 4 heteroatoms. The molecule has 0 unspecified atom stereocenters. The minimum absolute atomic E-state index is 0.0410. The van der Waals surface area contributed by atoms with Gasteiger partial charge in [0.25, 0.3) is 0 Å². The molecule has 1 heterocycles. The molecule has 1 rings (SSSR count). The molecule has 90 valence electrons. The Hall–Kier alpha value is -1.13. The van der Waals surface area contributed by atoms with Crippen LogP contribution in [0.25, 0.3) is 0 Å². The van der Waals surface area contributed by atoms with Gasteiger partial charge in [0, 0.05) is 6.42 Å². The smallest absolute Gasteiger partial charge is 0.309 e. The lowest BCUT2D eigenvalue weighted by atomic mass is 10.1. The Kier molecular flexibility index (Phi) is 5.22. The molecule has 0 saturated heterocycles. The summed E-state index contributed by atoms with van der Waals surface area (Å²) >= 11 is 0. The van der Waals surface area contributed by atoms with Crippen molar-refractivity contribution in [2.45, 2.75) is 44.5 Å². The van der Waals surface area contributed by atoms with Crippen molar-refractivity contribution in [1.82, 2.24) is 0 Å². The Balaban J connectivity index is 2.63. The van der Waals surface area contributed by atoms with E-state index in [-0.39, 0.29) is 12.5 Å². The van der Waals surface area contributed by atoms with Gasteiger partial charge >= 0.3 is 5.97 Å². The van der Waals surface area contributed by atoms with Crippen LogP contribution in [0.4, 0.5) is 0 Å². The first-order chi connectivity index (χ1) is 7.58. The van der Waals surface area contributed by atoms with Gasteiger partial charge in [0.1, 0.15) is 6.10 Å². The lowest BCUT2D eigenvalue weighted by Crippen LogP contribution is -2.19. The van der Waals surface area contributed by atoms with E-state index in [1.807, 2.05) is 0 Å². The van der Waals surface area contributed by atoms with Crippen molar-refractivity contribution in [3.05, 3.63) is 24.3 Å². The number of aliphatic hydroxyl groups is 2. The highest BCUT2D eigenvalue weighted by Gasteiger charge is 2.13. The van der Waals surface area contributed by atoms with Gasteiger partial charge < -0.3 is 14.9 Å². The van der Waals surface area contributed by atoms with Gasteiger partial charge in [0.05, 0.1) is 18.6 Å². The molecular weight excluding hydrogens is 208 g/mol. The second kappa shape index (κ2) is 6.45. The average molecular weight is 226 g/mol. The average Bonchev–Trinajstić information content (AvgIpc) is 2.15. The Bertz CT molecular complexity index is 283. The lowest BCUT2D eigenvalue weighted by molar-refractivity contribution is -0.149. The quantitative estimate of drug-likeness (QED) is 0.476. The summed E-state index contributed by atoms with van der Waals surface area (Å²) in [4.78, 5) is 11.3. The molecule has 1 aliphatic heterocycles. The largest absolute Gasteiger partial charge is 0.462 e. The highest BCUT2D eigenvalue weighted by atomic mass is 16.5. The van der Waals surface area contributed by atoms with Crippen LogP contribution in [0.1, 0.15) is 26.2 Å². The first-order valence-corrected chi connectivity index (χ1v) is 5.47. The number of cyclic esters (lactones) is 1. The van der Waals surface area contributed by atoms with E-state index in [9.17, 15) is 15.0 Å². The predicted molar refractivity (Wildman–Crippen MR) is 59.7 cm³/mol. The number of esters is 1. The Morgan fingerprint density at radius 3 is 2.56 bits per heavy atom. The van der Waals surface area contributed by atoms with Gasteiger partial charge in [-0.15, -0.1) is 0 Å². The lowest BCUT2D eigenvalue weighted by Gasteiger charge is -2.13. The minimum atomic E-state index is -0.838. The minimum Gasteiger partial charge on any atom is -0.462 e. The summed E-state index contributed by atoms with van der Waals surface area (Å²) in [5, 5.41) is 18.9. The fraction of sp³-hybridized carbons (Fsp3) is 0.583. The maximum Gasteiger partial charge on any atom is 0.309 e. The van der Waals surface area contributed by atoms with Crippen molar-refractivity contribution >= 4 is 5.97 Å². The number of hydrogen-bond donors (Lipinski definition) is 2. The molecule has 0 radical (unpaired) electrons.